The molecule has 2 nitrogen and oxygen atoms in total. The highest BCUT2D eigenvalue weighted by Crippen LogP contribution is 2.36. The Kier molecular flexibility index (Phi) is 3.99. The molecule has 0 heterocycles. The van der Waals surface area contributed by atoms with Crippen LogP contribution in [0, 0.1) is 17.0 Å². The van der Waals surface area contributed by atoms with Crippen LogP contribution in [0.1, 0.15) is 38.8 Å². The average molecular weight is 228 g/mol. The van der Waals surface area contributed by atoms with Crippen LogP contribution < -0.4 is 11.3 Å². The Balaban J connectivity index is 3.13. The highest BCUT2D eigenvalue weighted by atomic mass is 19.1. The van der Waals surface area contributed by atoms with Gasteiger partial charge in [-0.05, 0) is 29.5 Å². The van der Waals surface area contributed by atoms with Gasteiger partial charge in [-0.15, -0.1) is 0 Å². The number of nitrogens with two attached hydrogens (primary N) is 1. The topological polar surface area (TPSA) is 38.0 Å². The van der Waals surface area contributed by atoms with Crippen LogP contribution >= 0.6 is 0 Å². The molecule has 0 aliphatic heterocycles. The zero-order chi connectivity index (χ0) is 12.3. The maximum absolute atomic E-state index is 13.1. The molecule has 0 amide bonds. The summed E-state index contributed by atoms with van der Waals surface area (Å²) < 4.78 is 26.2. The van der Waals surface area contributed by atoms with Crippen molar-refractivity contribution in [2.45, 2.75) is 33.2 Å². The minimum absolute atomic E-state index is 0.172. The van der Waals surface area contributed by atoms with Crippen molar-refractivity contribution in [1.29, 1.82) is 0 Å². The van der Waals surface area contributed by atoms with Gasteiger partial charge in [-0.25, -0.2) is 8.78 Å². The number of benzene rings is 1. The van der Waals surface area contributed by atoms with Crippen molar-refractivity contribution in [3.63, 3.8) is 0 Å². The Morgan fingerprint density at radius 1 is 1.25 bits per heavy atom. The average Bonchev–Trinajstić information content (AvgIpc) is 2.16. The largest absolute Gasteiger partial charge is 0.271 e. The highest BCUT2D eigenvalue weighted by Gasteiger charge is 2.28. The van der Waals surface area contributed by atoms with Gasteiger partial charge in [-0.2, -0.15) is 0 Å². The lowest BCUT2D eigenvalue weighted by Gasteiger charge is -2.33. The summed E-state index contributed by atoms with van der Waals surface area (Å²) in [4.78, 5) is 0. The zero-order valence-corrected chi connectivity index (χ0v) is 9.85. The van der Waals surface area contributed by atoms with Crippen LogP contribution in [0.4, 0.5) is 8.78 Å². The fourth-order valence-corrected chi connectivity index (χ4v) is 1.72. The number of hydrogen-bond donors (Lipinski definition) is 2. The van der Waals surface area contributed by atoms with Gasteiger partial charge in [0.15, 0.2) is 0 Å². The molecule has 3 N–H and O–H groups in total. The third-order valence-electron chi connectivity index (χ3n) is 3.08. The van der Waals surface area contributed by atoms with E-state index >= 15 is 0 Å². The van der Waals surface area contributed by atoms with Gasteiger partial charge < -0.3 is 0 Å². The first kappa shape index (κ1) is 13.1. The number of rotatable bonds is 4. The van der Waals surface area contributed by atoms with Crippen LogP contribution in [-0.4, -0.2) is 0 Å². The summed E-state index contributed by atoms with van der Waals surface area (Å²) in [5, 5.41) is 0. The summed E-state index contributed by atoms with van der Waals surface area (Å²) in [6.07, 6.45) is 0.847. The number of hydrazine groups is 1. The molecule has 1 atom stereocenters. The molecular formula is C12H18F2N2. The third kappa shape index (κ3) is 2.77. The van der Waals surface area contributed by atoms with Crippen molar-refractivity contribution in [3.05, 3.63) is 35.4 Å². The Labute approximate surface area is 94.8 Å². The van der Waals surface area contributed by atoms with Gasteiger partial charge in [0.1, 0.15) is 11.6 Å². The summed E-state index contributed by atoms with van der Waals surface area (Å²) in [6, 6.07) is 3.20. The molecule has 1 aromatic rings. The van der Waals surface area contributed by atoms with Gasteiger partial charge in [0.25, 0.3) is 0 Å². The molecular weight excluding hydrogens is 210 g/mol. The lowest BCUT2D eigenvalue weighted by atomic mass is 9.78. The molecule has 0 saturated heterocycles. The highest BCUT2D eigenvalue weighted by molar-refractivity contribution is 5.23. The maximum Gasteiger partial charge on any atom is 0.126 e. The lowest BCUT2D eigenvalue weighted by molar-refractivity contribution is 0.235. The van der Waals surface area contributed by atoms with Gasteiger partial charge >= 0.3 is 0 Å². The molecule has 0 aromatic heterocycles. The summed E-state index contributed by atoms with van der Waals surface area (Å²) in [6.45, 7) is 6.01. The third-order valence-corrected chi connectivity index (χ3v) is 3.08. The molecule has 0 radical (unpaired) electrons. The number of halogens is 2. The predicted octanol–water partition coefficient (Wildman–Crippen LogP) is 2.91. The van der Waals surface area contributed by atoms with Crippen LogP contribution in [0.3, 0.4) is 0 Å². The second-order valence-electron chi connectivity index (χ2n) is 4.64. The fourth-order valence-electron chi connectivity index (χ4n) is 1.72. The Morgan fingerprint density at radius 3 is 2.12 bits per heavy atom. The van der Waals surface area contributed by atoms with Gasteiger partial charge in [-0.1, -0.05) is 20.8 Å². The van der Waals surface area contributed by atoms with Crippen LogP contribution in [0.2, 0.25) is 0 Å². The monoisotopic (exact) mass is 228 g/mol. The van der Waals surface area contributed by atoms with E-state index in [1.54, 1.807) is 0 Å². The van der Waals surface area contributed by atoms with Gasteiger partial charge in [0, 0.05) is 6.07 Å². The standard InChI is InChI=1S/C12H18F2N2/c1-4-12(2,3)11(16-15)8-5-9(13)7-10(14)6-8/h5-7,11,16H,4,15H2,1-3H3. The van der Waals surface area contributed by atoms with Crippen molar-refractivity contribution < 1.29 is 8.78 Å². The normalized spacial score (nSPS) is 13.9. The van der Waals surface area contributed by atoms with E-state index in [1.807, 2.05) is 20.8 Å². The quantitative estimate of drug-likeness (QED) is 0.614. The first-order chi connectivity index (χ1) is 7.40. The minimum atomic E-state index is -0.581. The molecule has 1 aromatic carbocycles. The molecule has 1 rings (SSSR count). The Bertz CT molecular complexity index is 344. The van der Waals surface area contributed by atoms with E-state index in [1.165, 1.54) is 12.1 Å². The fraction of sp³-hybridized carbons (Fsp3) is 0.500. The van der Waals surface area contributed by atoms with Crippen molar-refractivity contribution in [3.8, 4) is 0 Å². The molecule has 0 aliphatic carbocycles. The first-order valence-electron chi connectivity index (χ1n) is 5.33. The van der Waals surface area contributed by atoms with Gasteiger partial charge in [0.05, 0.1) is 6.04 Å². The van der Waals surface area contributed by atoms with E-state index in [0.29, 0.717) is 5.56 Å². The zero-order valence-electron chi connectivity index (χ0n) is 9.85. The molecule has 0 aliphatic rings. The minimum Gasteiger partial charge on any atom is -0.271 e. The van der Waals surface area contributed by atoms with E-state index < -0.39 is 11.6 Å². The van der Waals surface area contributed by atoms with Crippen LogP contribution in [0.25, 0.3) is 0 Å². The van der Waals surface area contributed by atoms with Gasteiger partial charge in [-0.3, -0.25) is 11.3 Å². The van der Waals surface area contributed by atoms with Crippen LogP contribution in [-0.2, 0) is 0 Å². The second kappa shape index (κ2) is 4.89. The van der Waals surface area contributed by atoms with E-state index in [2.05, 4.69) is 5.43 Å². The Hall–Kier alpha value is -1.00. The molecule has 16 heavy (non-hydrogen) atoms. The van der Waals surface area contributed by atoms with E-state index in [4.69, 9.17) is 5.84 Å². The van der Waals surface area contributed by atoms with Crippen molar-refractivity contribution in [2.24, 2.45) is 11.3 Å². The molecule has 4 heteroatoms. The summed E-state index contributed by atoms with van der Waals surface area (Å²) in [5.41, 5.74) is 2.99. The number of nitrogens with one attached hydrogen (secondary N) is 1. The summed E-state index contributed by atoms with van der Waals surface area (Å²) in [5.74, 6) is 4.31. The predicted molar refractivity (Wildman–Crippen MR) is 60.5 cm³/mol. The van der Waals surface area contributed by atoms with E-state index in [-0.39, 0.29) is 11.5 Å². The smallest absolute Gasteiger partial charge is 0.126 e. The van der Waals surface area contributed by atoms with E-state index in [0.717, 1.165) is 12.5 Å². The first-order valence-corrected chi connectivity index (χ1v) is 5.33. The van der Waals surface area contributed by atoms with Gasteiger partial charge in [0.2, 0.25) is 0 Å². The van der Waals surface area contributed by atoms with Crippen molar-refractivity contribution in [2.75, 3.05) is 0 Å². The second-order valence-corrected chi connectivity index (χ2v) is 4.64. The lowest BCUT2D eigenvalue weighted by Crippen LogP contribution is -2.38. The number of hydrogen-bond acceptors (Lipinski definition) is 2. The maximum atomic E-state index is 13.1. The molecule has 0 fully saturated rings. The van der Waals surface area contributed by atoms with E-state index in [9.17, 15) is 8.78 Å². The van der Waals surface area contributed by atoms with Crippen LogP contribution in [0.5, 0.6) is 0 Å². The molecule has 1 unspecified atom stereocenters. The molecule has 0 spiro atoms. The van der Waals surface area contributed by atoms with Crippen molar-refractivity contribution >= 4 is 0 Å². The summed E-state index contributed by atoms with van der Waals surface area (Å²) >= 11 is 0. The molecule has 90 valence electrons. The Morgan fingerprint density at radius 2 is 1.75 bits per heavy atom. The summed E-state index contributed by atoms with van der Waals surface area (Å²) in [7, 11) is 0. The molecule has 0 saturated carbocycles. The van der Waals surface area contributed by atoms with Crippen LogP contribution in [0.15, 0.2) is 18.2 Å². The SMILES string of the molecule is CCC(C)(C)C(NN)c1cc(F)cc(F)c1. The van der Waals surface area contributed by atoms with Crippen molar-refractivity contribution in [1.82, 2.24) is 5.43 Å². The molecule has 0 bridgehead atoms.